The van der Waals surface area contributed by atoms with Gasteiger partial charge >= 0.3 is 12.0 Å². The number of fused-ring (bicyclic) bond motifs is 1. The zero-order chi connectivity index (χ0) is 14.8. The molecule has 0 unspecified atom stereocenters. The zero-order valence-electron chi connectivity index (χ0n) is 12.7. The highest BCUT2D eigenvalue weighted by atomic mass is 16.4. The van der Waals surface area contributed by atoms with Crippen LogP contribution in [0.3, 0.4) is 0 Å². The van der Waals surface area contributed by atoms with Gasteiger partial charge in [-0.15, -0.1) is 0 Å². The average Bonchev–Trinajstić information content (AvgIpc) is 2.53. The number of carbonyl (C=O) groups excluding carboxylic acids is 1. The van der Waals surface area contributed by atoms with E-state index in [1.54, 1.807) is 4.90 Å². The summed E-state index contributed by atoms with van der Waals surface area (Å²) in [5.41, 5.74) is 0. The molecule has 0 bridgehead atoms. The fourth-order valence-corrected chi connectivity index (χ4v) is 4.40. The first-order valence-corrected chi connectivity index (χ1v) is 8.45. The van der Waals surface area contributed by atoms with Crippen LogP contribution in [0.5, 0.6) is 0 Å². The molecule has 1 saturated carbocycles. The highest BCUT2D eigenvalue weighted by Gasteiger charge is 2.38. The number of likely N-dealkylation sites (tertiary alicyclic amines) is 2. The van der Waals surface area contributed by atoms with Crippen LogP contribution in [0.15, 0.2) is 0 Å². The lowest BCUT2D eigenvalue weighted by molar-refractivity contribution is -0.143. The summed E-state index contributed by atoms with van der Waals surface area (Å²) >= 11 is 0. The van der Waals surface area contributed by atoms with Crippen LogP contribution in [0, 0.1) is 11.8 Å². The molecule has 3 fully saturated rings. The third kappa shape index (κ3) is 3.01. The molecule has 3 rings (SSSR count). The van der Waals surface area contributed by atoms with Gasteiger partial charge in [0.15, 0.2) is 0 Å². The fraction of sp³-hybridized carbons (Fsp3) is 0.875. The van der Waals surface area contributed by atoms with E-state index in [2.05, 4.69) is 4.90 Å². The molecule has 1 N–H and O–H groups in total. The Kier molecular flexibility index (Phi) is 4.36. The molecule has 0 aromatic rings. The van der Waals surface area contributed by atoms with E-state index in [0.717, 1.165) is 32.4 Å². The first-order chi connectivity index (χ1) is 10.2. The number of carbonyl (C=O) groups is 2. The van der Waals surface area contributed by atoms with Crippen molar-refractivity contribution in [1.29, 1.82) is 0 Å². The summed E-state index contributed by atoms with van der Waals surface area (Å²) in [5.74, 6) is -0.465. The second-order valence-electron chi connectivity index (χ2n) is 6.85. The largest absolute Gasteiger partial charge is 0.481 e. The van der Waals surface area contributed by atoms with E-state index >= 15 is 0 Å². The maximum atomic E-state index is 12.8. The number of hydrogen-bond acceptors (Lipinski definition) is 2. The number of amides is 2. The lowest BCUT2D eigenvalue weighted by Crippen LogP contribution is -2.56. The van der Waals surface area contributed by atoms with E-state index in [1.165, 1.54) is 25.7 Å². The second kappa shape index (κ2) is 6.24. The minimum atomic E-state index is -0.762. The van der Waals surface area contributed by atoms with Crippen molar-refractivity contribution in [2.45, 2.75) is 57.4 Å². The topological polar surface area (TPSA) is 60.9 Å². The normalized spacial score (nSPS) is 33.4. The Bertz CT molecular complexity index is 410. The van der Waals surface area contributed by atoms with Crippen molar-refractivity contribution in [3.8, 4) is 0 Å². The van der Waals surface area contributed by atoms with Gasteiger partial charge < -0.3 is 14.9 Å². The highest BCUT2D eigenvalue weighted by molar-refractivity contribution is 5.77. The molecule has 5 heteroatoms. The Morgan fingerprint density at radius 3 is 2.43 bits per heavy atom. The SMILES string of the molecule is O=C(O)[C@@H]1CCCN(C(=O)N2CCC[C@H]3CCCC[C@H]32)C1. The van der Waals surface area contributed by atoms with Crippen molar-refractivity contribution in [2.24, 2.45) is 11.8 Å². The molecule has 118 valence electrons. The van der Waals surface area contributed by atoms with Crippen molar-refractivity contribution in [3.05, 3.63) is 0 Å². The van der Waals surface area contributed by atoms with Crippen LogP contribution in [-0.4, -0.2) is 52.6 Å². The van der Waals surface area contributed by atoms with Crippen LogP contribution in [0.25, 0.3) is 0 Å². The van der Waals surface area contributed by atoms with E-state index in [-0.39, 0.29) is 11.9 Å². The second-order valence-corrected chi connectivity index (χ2v) is 6.85. The molecule has 2 amide bonds. The van der Waals surface area contributed by atoms with Crippen LogP contribution in [0.2, 0.25) is 0 Å². The van der Waals surface area contributed by atoms with Gasteiger partial charge in [0.25, 0.3) is 0 Å². The maximum Gasteiger partial charge on any atom is 0.320 e. The lowest BCUT2D eigenvalue weighted by atomic mass is 9.78. The third-order valence-electron chi connectivity index (χ3n) is 5.53. The molecule has 3 aliphatic rings. The molecular formula is C16H26N2O3. The summed E-state index contributed by atoms with van der Waals surface area (Å²) in [6.45, 7) is 1.97. The molecule has 0 aromatic carbocycles. The average molecular weight is 294 g/mol. The van der Waals surface area contributed by atoms with Gasteiger partial charge in [0.05, 0.1) is 5.92 Å². The molecule has 2 aliphatic heterocycles. The number of urea groups is 1. The molecular weight excluding hydrogens is 268 g/mol. The molecule has 5 nitrogen and oxygen atoms in total. The van der Waals surface area contributed by atoms with E-state index < -0.39 is 5.97 Å². The standard InChI is InChI=1S/C16H26N2O3/c19-15(20)13-7-3-9-17(11-13)16(21)18-10-4-6-12-5-1-2-8-14(12)18/h12-14H,1-11H2,(H,19,20)/t12-,13-,14-/m1/s1. The summed E-state index contributed by atoms with van der Waals surface area (Å²) in [6.07, 6.45) is 8.78. The minimum Gasteiger partial charge on any atom is -0.481 e. The van der Waals surface area contributed by atoms with Gasteiger partial charge in [-0.25, -0.2) is 4.79 Å². The first kappa shape index (κ1) is 14.7. The van der Waals surface area contributed by atoms with Crippen LogP contribution in [-0.2, 0) is 4.79 Å². The Hall–Kier alpha value is -1.26. The minimum absolute atomic E-state index is 0.0950. The van der Waals surface area contributed by atoms with Gasteiger partial charge in [-0.3, -0.25) is 4.79 Å². The Labute approximate surface area is 126 Å². The summed E-state index contributed by atoms with van der Waals surface area (Å²) in [4.78, 5) is 27.9. The number of rotatable bonds is 1. The predicted molar refractivity (Wildman–Crippen MR) is 79.0 cm³/mol. The Morgan fingerprint density at radius 1 is 0.905 bits per heavy atom. The molecule has 3 atom stereocenters. The molecule has 2 heterocycles. The van der Waals surface area contributed by atoms with E-state index in [4.69, 9.17) is 0 Å². The van der Waals surface area contributed by atoms with E-state index in [1.807, 2.05) is 0 Å². The number of carboxylic acids is 1. The van der Waals surface area contributed by atoms with Gasteiger partial charge in [0, 0.05) is 25.7 Å². The summed E-state index contributed by atoms with van der Waals surface area (Å²) in [5, 5.41) is 9.18. The van der Waals surface area contributed by atoms with Crippen molar-refractivity contribution >= 4 is 12.0 Å². The number of carboxylic acid groups (broad SMARTS) is 1. The summed E-state index contributed by atoms with van der Waals surface area (Å²) in [6, 6.07) is 0.503. The van der Waals surface area contributed by atoms with Gasteiger partial charge in [0.1, 0.15) is 0 Å². The Morgan fingerprint density at radius 2 is 1.62 bits per heavy atom. The fourth-order valence-electron chi connectivity index (χ4n) is 4.40. The lowest BCUT2D eigenvalue weighted by Gasteiger charge is -2.46. The van der Waals surface area contributed by atoms with Crippen molar-refractivity contribution in [1.82, 2.24) is 9.80 Å². The van der Waals surface area contributed by atoms with Crippen LogP contribution in [0.4, 0.5) is 4.79 Å². The number of aliphatic carboxylic acids is 1. The maximum absolute atomic E-state index is 12.8. The quantitative estimate of drug-likeness (QED) is 0.808. The van der Waals surface area contributed by atoms with Crippen LogP contribution in [0.1, 0.15) is 51.4 Å². The van der Waals surface area contributed by atoms with Gasteiger partial charge in [0.2, 0.25) is 0 Å². The molecule has 0 spiro atoms. The van der Waals surface area contributed by atoms with Crippen LogP contribution < -0.4 is 0 Å². The number of hydrogen-bond donors (Lipinski definition) is 1. The molecule has 0 radical (unpaired) electrons. The third-order valence-corrected chi connectivity index (χ3v) is 5.53. The molecule has 0 aromatic heterocycles. The Balaban J connectivity index is 1.67. The first-order valence-electron chi connectivity index (χ1n) is 8.45. The summed E-state index contributed by atoms with van der Waals surface area (Å²) < 4.78 is 0. The number of piperidine rings is 2. The van der Waals surface area contributed by atoms with Gasteiger partial charge in [-0.05, 0) is 44.4 Å². The predicted octanol–water partition coefficient (Wildman–Crippen LogP) is 2.56. The van der Waals surface area contributed by atoms with Gasteiger partial charge in [-0.2, -0.15) is 0 Å². The van der Waals surface area contributed by atoms with E-state index in [0.29, 0.717) is 24.9 Å². The van der Waals surface area contributed by atoms with Gasteiger partial charge in [-0.1, -0.05) is 12.8 Å². The van der Waals surface area contributed by atoms with Crippen molar-refractivity contribution < 1.29 is 14.7 Å². The molecule has 21 heavy (non-hydrogen) atoms. The van der Waals surface area contributed by atoms with E-state index in [9.17, 15) is 14.7 Å². The van der Waals surface area contributed by atoms with Crippen molar-refractivity contribution in [3.63, 3.8) is 0 Å². The van der Waals surface area contributed by atoms with Crippen molar-refractivity contribution in [2.75, 3.05) is 19.6 Å². The summed E-state index contributed by atoms with van der Waals surface area (Å²) in [7, 11) is 0. The molecule has 2 saturated heterocycles. The molecule has 1 aliphatic carbocycles. The number of nitrogens with zero attached hydrogens (tertiary/aromatic N) is 2. The smallest absolute Gasteiger partial charge is 0.320 e. The highest BCUT2D eigenvalue weighted by Crippen LogP contribution is 2.36. The van der Waals surface area contributed by atoms with Crippen LogP contribution >= 0.6 is 0 Å². The zero-order valence-corrected chi connectivity index (χ0v) is 12.7. The monoisotopic (exact) mass is 294 g/mol.